The van der Waals surface area contributed by atoms with Crippen LogP contribution in [0.25, 0.3) is 283 Å². The maximum absolute atomic E-state index is 5.18. The lowest BCUT2D eigenvalue weighted by molar-refractivity contribution is 1.08. The largest absolute Gasteiger partial charge is 0.208 e. The van der Waals surface area contributed by atoms with E-state index in [0.29, 0.717) is 52.4 Å². The molecule has 0 fully saturated rings. The third-order valence-corrected chi connectivity index (χ3v) is 31.4. The van der Waals surface area contributed by atoms with Crippen LogP contribution in [-0.2, 0) is 0 Å². The quantitative estimate of drug-likeness (QED) is 0.104. The van der Waals surface area contributed by atoms with Crippen LogP contribution in [0.1, 0.15) is 0 Å². The summed E-state index contributed by atoms with van der Waals surface area (Å²) in [5, 5.41) is 24.4. The molecular formula is C133H81N9S3. The van der Waals surface area contributed by atoms with Crippen molar-refractivity contribution in [2.75, 3.05) is 0 Å². The van der Waals surface area contributed by atoms with Crippen LogP contribution in [0.15, 0.2) is 491 Å². The normalized spacial score (nSPS) is 11.6. The zero-order valence-electron chi connectivity index (χ0n) is 78.0. The molecule has 676 valence electrons. The molecule has 29 aromatic rings. The van der Waals surface area contributed by atoms with E-state index < -0.39 is 0 Å². The SMILES string of the molecule is c1ccc(-c2nc(-c3ccc4cc(-c5c6ccccc6c(-c6ccccc6)c6ccccc56)ccc4c3)nc(-c3cccc4c3sc3ccccc34)n2)cc1.c1ccc(-c2nc(-c3ccc4cc(-c5ccc6ccccc6c5)ccc4c3)nc(-c3cccc4c3sc3ccccc34)n2)cc1.c1ccc(-c2nc(-c3ccc4cc(-c5cccc6ccccc56)ccc4c3)nc(-c3cccc4c3sc3ccccc34)n2)cc1. The molecular weight excluding hydrogens is 1820 g/mol. The highest BCUT2D eigenvalue weighted by molar-refractivity contribution is 7.27. The Hall–Kier alpha value is -18.4. The van der Waals surface area contributed by atoms with Crippen LogP contribution in [0, 0.1) is 0 Å². The first kappa shape index (κ1) is 85.7. The number of aromatic nitrogens is 9. The first-order valence-corrected chi connectivity index (χ1v) is 51.0. The van der Waals surface area contributed by atoms with Gasteiger partial charge in [-0.05, 0) is 199 Å². The summed E-state index contributed by atoms with van der Waals surface area (Å²) in [5.41, 5.74) is 18.6. The molecule has 0 saturated heterocycles. The molecule has 6 aromatic heterocycles. The average molecular weight is 1900 g/mol. The number of hydrogen-bond acceptors (Lipinski definition) is 12. The van der Waals surface area contributed by atoms with Crippen molar-refractivity contribution in [1.29, 1.82) is 0 Å². The molecule has 0 amide bonds. The van der Waals surface area contributed by atoms with Gasteiger partial charge >= 0.3 is 0 Å². The smallest absolute Gasteiger partial charge is 0.165 e. The minimum Gasteiger partial charge on any atom is -0.208 e. The third kappa shape index (κ3) is 16.1. The van der Waals surface area contributed by atoms with Crippen molar-refractivity contribution in [3.8, 4) is 147 Å². The second-order valence-electron chi connectivity index (χ2n) is 36.5. The molecule has 0 spiro atoms. The van der Waals surface area contributed by atoms with Crippen LogP contribution in [0.3, 0.4) is 0 Å². The van der Waals surface area contributed by atoms with Crippen molar-refractivity contribution in [2.24, 2.45) is 0 Å². The van der Waals surface area contributed by atoms with E-state index in [2.05, 4.69) is 437 Å². The first-order valence-electron chi connectivity index (χ1n) is 48.6. The fourth-order valence-electron chi connectivity index (χ4n) is 20.7. The number of benzene rings is 23. The summed E-state index contributed by atoms with van der Waals surface area (Å²) in [6.45, 7) is 0. The fourth-order valence-corrected chi connectivity index (χ4v) is 24.3. The predicted octanol–water partition coefficient (Wildman–Crippen LogP) is 36.5. The monoisotopic (exact) mass is 1900 g/mol. The van der Waals surface area contributed by atoms with Gasteiger partial charge < -0.3 is 0 Å². The average Bonchev–Trinajstić information content (AvgIpc) is 1.72. The molecule has 12 heteroatoms. The van der Waals surface area contributed by atoms with E-state index in [1.54, 1.807) is 34.0 Å². The van der Waals surface area contributed by atoms with Gasteiger partial charge in [0.05, 0.1) is 0 Å². The Morgan fingerprint density at radius 3 is 0.731 bits per heavy atom. The lowest BCUT2D eigenvalue weighted by Gasteiger charge is -2.18. The highest BCUT2D eigenvalue weighted by Crippen LogP contribution is 2.49. The van der Waals surface area contributed by atoms with E-state index in [9.17, 15) is 0 Å². The molecule has 29 rings (SSSR count). The Morgan fingerprint density at radius 2 is 0.345 bits per heavy atom. The van der Waals surface area contributed by atoms with Crippen LogP contribution in [0.2, 0.25) is 0 Å². The molecule has 0 bridgehead atoms. The second-order valence-corrected chi connectivity index (χ2v) is 39.6. The summed E-state index contributed by atoms with van der Waals surface area (Å²) in [4.78, 5) is 45.6. The third-order valence-electron chi connectivity index (χ3n) is 27.7. The standard InChI is InChI=1S/C51H31N3S.2C41H25N3S/c1-3-14-32(15-4-1)46-39-19-7-9-21-41(39)47(42-22-10-8-20-40(42)46)36-28-26-35-31-37(29-27-34(35)30-36)50-52-49(33-16-5-2-6-17-33)53-51(54-50)44-24-13-23-43-38-18-11-12-25-45(38)55-48(43)44;1-2-11-27(12-3-1)39-42-40(44-41(43-39)36-18-9-17-35-34-15-6-7-19-37(34)45-38(35)36)31-23-21-28-24-30(22-20-29(28)25-31)33-16-8-13-26-10-4-5-14-32(26)33;1-2-10-27(11-3-1)39-42-40(44-41(43-39)36-15-8-14-35-34-13-6-7-16-37(34)45-38(35)36)33-22-21-31-24-30(19-20-32(31)25-33)29-18-17-26-9-4-5-12-28(26)23-29/h1-31H;2*1-25H. The lowest BCUT2D eigenvalue weighted by Crippen LogP contribution is -2.00. The van der Waals surface area contributed by atoms with E-state index >= 15 is 0 Å². The molecule has 9 nitrogen and oxygen atoms in total. The van der Waals surface area contributed by atoms with Crippen molar-refractivity contribution in [2.45, 2.75) is 0 Å². The Morgan fingerprint density at radius 1 is 0.117 bits per heavy atom. The number of rotatable bonds is 13. The van der Waals surface area contributed by atoms with Gasteiger partial charge in [-0.3, -0.25) is 0 Å². The van der Waals surface area contributed by atoms with Crippen LogP contribution in [-0.4, -0.2) is 44.9 Å². The van der Waals surface area contributed by atoms with E-state index in [1.165, 1.54) is 159 Å². The minimum absolute atomic E-state index is 0.654. The number of hydrogen-bond donors (Lipinski definition) is 0. The van der Waals surface area contributed by atoms with Crippen molar-refractivity contribution >= 4 is 170 Å². The Kier molecular flexibility index (Phi) is 21.7. The molecule has 23 aromatic carbocycles. The van der Waals surface area contributed by atoms with E-state index in [4.69, 9.17) is 44.9 Å². The topological polar surface area (TPSA) is 116 Å². The van der Waals surface area contributed by atoms with E-state index in [0.717, 1.165) is 71.6 Å². The summed E-state index contributed by atoms with van der Waals surface area (Å²) < 4.78 is 7.33. The number of nitrogens with zero attached hydrogens (tertiary/aromatic N) is 9. The highest BCUT2D eigenvalue weighted by Gasteiger charge is 2.25. The van der Waals surface area contributed by atoms with Crippen LogP contribution < -0.4 is 0 Å². The van der Waals surface area contributed by atoms with Gasteiger partial charge in [-0.1, -0.05) is 413 Å². The molecule has 0 aliphatic heterocycles. The summed E-state index contributed by atoms with van der Waals surface area (Å²) in [5.74, 6) is 6.02. The number of thiophene rings is 3. The van der Waals surface area contributed by atoms with Crippen molar-refractivity contribution in [3.05, 3.63) is 491 Å². The van der Waals surface area contributed by atoms with Crippen LogP contribution >= 0.6 is 34.0 Å². The van der Waals surface area contributed by atoms with Gasteiger partial charge in [0.25, 0.3) is 0 Å². The zero-order chi connectivity index (χ0) is 95.8. The zero-order valence-corrected chi connectivity index (χ0v) is 80.5. The van der Waals surface area contributed by atoms with Crippen LogP contribution in [0.5, 0.6) is 0 Å². The molecule has 0 aliphatic carbocycles. The fraction of sp³-hybridized carbons (Fsp3) is 0. The predicted molar refractivity (Wildman–Crippen MR) is 611 cm³/mol. The van der Waals surface area contributed by atoms with Gasteiger partial charge in [0, 0.05) is 111 Å². The van der Waals surface area contributed by atoms with Crippen molar-refractivity contribution < 1.29 is 0 Å². The van der Waals surface area contributed by atoms with Gasteiger partial charge in [-0.25, -0.2) is 44.9 Å². The summed E-state index contributed by atoms with van der Waals surface area (Å²) in [7, 11) is 0. The van der Waals surface area contributed by atoms with Crippen molar-refractivity contribution in [1.82, 2.24) is 44.9 Å². The Balaban J connectivity index is 0.000000109. The first-order chi connectivity index (χ1) is 71.8. The lowest BCUT2D eigenvalue weighted by atomic mass is 9.85. The van der Waals surface area contributed by atoms with Gasteiger partial charge in [0.15, 0.2) is 52.4 Å². The van der Waals surface area contributed by atoms with Gasteiger partial charge in [-0.15, -0.1) is 34.0 Å². The molecule has 0 N–H and O–H groups in total. The molecule has 145 heavy (non-hydrogen) atoms. The molecule has 0 unspecified atom stereocenters. The van der Waals surface area contributed by atoms with Gasteiger partial charge in [0.2, 0.25) is 0 Å². The second kappa shape index (κ2) is 36.7. The summed E-state index contributed by atoms with van der Waals surface area (Å²) in [6, 6.07) is 174. The van der Waals surface area contributed by atoms with Gasteiger partial charge in [0.1, 0.15) is 0 Å². The molecule has 0 saturated carbocycles. The molecule has 0 aliphatic rings. The van der Waals surface area contributed by atoms with E-state index in [-0.39, 0.29) is 0 Å². The molecule has 6 heterocycles. The summed E-state index contributed by atoms with van der Waals surface area (Å²) in [6.07, 6.45) is 0. The Labute approximate surface area is 846 Å². The maximum atomic E-state index is 5.18. The highest BCUT2D eigenvalue weighted by atomic mass is 32.1. The minimum atomic E-state index is 0.654. The van der Waals surface area contributed by atoms with Gasteiger partial charge in [-0.2, -0.15) is 0 Å². The van der Waals surface area contributed by atoms with Crippen molar-refractivity contribution in [3.63, 3.8) is 0 Å². The number of fused-ring (bicyclic) bond motifs is 16. The summed E-state index contributed by atoms with van der Waals surface area (Å²) >= 11 is 5.36. The van der Waals surface area contributed by atoms with E-state index in [1.807, 2.05) is 54.6 Å². The Bertz CT molecular complexity index is 10100. The molecule has 0 atom stereocenters. The maximum Gasteiger partial charge on any atom is 0.165 e. The van der Waals surface area contributed by atoms with Crippen LogP contribution in [0.4, 0.5) is 0 Å². The molecule has 0 radical (unpaired) electrons.